The lowest BCUT2D eigenvalue weighted by Crippen LogP contribution is -2.42. The average Bonchev–Trinajstić information content (AvgIpc) is 2.45. The molecule has 0 unspecified atom stereocenters. The van der Waals surface area contributed by atoms with E-state index in [1.165, 1.54) is 17.0 Å². The molecule has 1 aromatic rings. The summed E-state index contributed by atoms with van der Waals surface area (Å²) >= 11 is 0. The van der Waals surface area contributed by atoms with Gasteiger partial charge in [-0.25, -0.2) is 0 Å². The molecule has 1 aliphatic rings. The van der Waals surface area contributed by atoms with Crippen LogP contribution >= 0.6 is 0 Å². The van der Waals surface area contributed by atoms with Crippen molar-refractivity contribution in [3.8, 4) is 0 Å². The number of para-hydroxylation sites is 1. The molecule has 0 aliphatic carbocycles. The van der Waals surface area contributed by atoms with Crippen LogP contribution in [-0.4, -0.2) is 39.6 Å². The van der Waals surface area contributed by atoms with Crippen molar-refractivity contribution in [1.29, 1.82) is 0 Å². The maximum atomic E-state index is 12.9. The van der Waals surface area contributed by atoms with Gasteiger partial charge in [0.05, 0.1) is 16.8 Å². The number of carbonyl (C=O) groups is 1. The Bertz CT molecular complexity index is 567. The smallest absolute Gasteiger partial charge is 0.337 e. The van der Waals surface area contributed by atoms with Crippen molar-refractivity contribution in [3.63, 3.8) is 0 Å². The minimum atomic E-state index is -4.61. The van der Waals surface area contributed by atoms with E-state index in [4.69, 9.17) is 5.84 Å². The number of carbonyl (C=O) groups excluding carboxylic acids is 1. The molecule has 5 nitrogen and oxygen atoms in total. The summed E-state index contributed by atoms with van der Waals surface area (Å²) in [7, 11) is -0.974. The van der Waals surface area contributed by atoms with Crippen LogP contribution in [0.5, 0.6) is 0 Å². The van der Waals surface area contributed by atoms with Crippen molar-refractivity contribution in [2.24, 2.45) is 5.84 Å². The zero-order chi connectivity index (χ0) is 15.6. The van der Waals surface area contributed by atoms with E-state index in [2.05, 4.69) is 0 Å². The minimum Gasteiger partial charge on any atom is -0.337 e. The van der Waals surface area contributed by atoms with Gasteiger partial charge in [-0.15, -0.1) is 0 Å². The van der Waals surface area contributed by atoms with Crippen LogP contribution in [0.3, 0.4) is 0 Å². The fraction of sp³-hybridized carbons (Fsp3) is 0.417. The van der Waals surface area contributed by atoms with Crippen molar-refractivity contribution < 1.29 is 22.2 Å². The Kier molecular flexibility index (Phi) is 4.52. The summed E-state index contributed by atoms with van der Waals surface area (Å²) in [4.78, 5) is 13.7. The normalized spacial score (nSPS) is 16.9. The molecule has 0 spiro atoms. The van der Waals surface area contributed by atoms with E-state index >= 15 is 0 Å². The summed E-state index contributed by atoms with van der Waals surface area (Å²) < 4.78 is 50.0. The zero-order valence-corrected chi connectivity index (χ0v) is 11.8. The highest BCUT2D eigenvalue weighted by Gasteiger charge is 2.36. The first-order chi connectivity index (χ1) is 9.84. The molecule has 116 valence electrons. The van der Waals surface area contributed by atoms with E-state index in [1.807, 2.05) is 5.43 Å². The Hall–Kier alpha value is -1.61. The van der Waals surface area contributed by atoms with Gasteiger partial charge in [0.2, 0.25) is 0 Å². The van der Waals surface area contributed by atoms with E-state index in [9.17, 15) is 22.2 Å². The van der Waals surface area contributed by atoms with Crippen LogP contribution in [0.4, 0.5) is 18.9 Å². The molecular weight excluding hydrogens is 307 g/mol. The predicted octanol–water partition coefficient (Wildman–Crippen LogP) is 1.20. The highest BCUT2D eigenvalue weighted by Crippen LogP contribution is 2.36. The highest BCUT2D eigenvalue weighted by molar-refractivity contribution is 7.85. The van der Waals surface area contributed by atoms with Crippen LogP contribution < -0.4 is 11.3 Å². The number of nitrogen functional groups attached to an aromatic ring is 1. The minimum absolute atomic E-state index is 0.139. The van der Waals surface area contributed by atoms with Crippen LogP contribution in [-0.2, 0) is 17.0 Å². The molecule has 0 saturated carbocycles. The van der Waals surface area contributed by atoms with Gasteiger partial charge in [-0.1, -0.05) is 6.07 Å². The standard InChI is InChI=1S/C12H14F3N3O2S/c13-12(14,15)9-3-1-2-8(10(9)17-16)11(19)18-4-6-21(20)7-5-18/h1-3,17H,4-7,16H2. The van der Waals surface area contributed by atoms with E-state index in [0.29, 0.717) is 11.5 Å². The largest absolute Gasteiger partial charge is 0.418 e. The summed E-state index contributed by atoms with van der Waals surface area (Å²) in [6.45, 7) is 0.511. The SMILES string of the molecule is NNc1c(C(=O)N2CCS(=O)CC2)cccc1C(F)(F)F. The van der Waals surface area contributed by atoms with Crippen molar-refractivity contribution in [2.45, 2.75) is 6.18 Å². The van der Waals surface area contributed by atoms with Crippen LogP contribution in [0.25, 0.3) is 0 Å². The van der Waals surface area contributed by atoms with E-state index in [0.717, 1.165) is 6.07 Å². The number of hydrogen-bond acceptors (Lipinski definition) is 4. The number of nitrogens with two attached hydrogens (primary N) is 1. The quantitative estimate of drug-likeness (QED) is 0.634. The van der Waals surface area contributed by atoms with Crippen molar-refractivity contribution in [1.82, 2.24) is 4.90 Å². The van der Waals surface area contributed by atoms with Gasteiger partial charge in [-0.3, -0.25) is 14.8 Å². The van der Waals surface area contributed by atoms with Gasteiger partial charge in [0, 0.05) is 35.4 Å². The lowest BCUT2D eigenvalue weighted by molar-refractivity contribution is -0.137. The summed E-state index contributed by atoms with van der Waals surface area (Å²) in [6.07, 6.45) is -4.61. The van der Waals surface area contributed by atoms with Gasteiger partial charge in [-0.05, 0) is 12.1 Å². The van der Waals surface area contributed by atoms with Crippen molar-refractivity contribution >= 4 is 22.4 Å². The van der Waals surface area contributed by atoms with Crippen LogP contribution in [0.1, 0.15) is 15.9 Å². The Balaban J connectivity index is 2.35. The first kappa shape index (κ1) is 15.8. The number of hydrazine groups is 1. The molecule has 3 N–H and O–H groups in total. The summed E-state index contributed by atoms with van der Waals surface area (Å²) in [6, 6.07) is 3.31. The first-order valence-corrected chi connectivity index (χ1v) is 7.64. The Morgan fingerprint density at radius 1 is 1.29 bits per heavy atom. The molecule has 1 aliphatic heterocycles. The van der Waals surface area contributed by atoms with Gasteiger partial charge >= 0.3 is 6.18 Å². The zero-order valence-electron chi connectivity index (χ0n) is 10.9. The molecule has 1 fully saturated rings. The van der Waals surface area contributed by atoms with Crippen LogP contribution in [0.2, 0.25) is 0 Å². The summed E-state index contributed by atoms with van der Waals surface area (Å²) in [5, 5.41) is 0. The molecule has 0 bridgehead atoms. The number of hydrogen-bond donors (Lipinski definition) is 2. The first-order valence-electron chi connectivity index (χ1n) is 6.15. The topological polar surface area (TPSA) is 75.4 Å². The Labute approximate surface area is 121 Å². The molecule has 1 aromatic carbocycles. The summed E-state index contributed by atoms with van der Waals surface area (Å²) in [5.41, 5.74) is 0.401. The number of amides is 1. The van der Waals surface area contributed by atoms with E-state index in [-0.39, 0.29) is 18.7 Å². The third-order valence-electron chi connectivity index (χ3n) is 3.21. The average molecular weight is 321 g/mol. The second-order valence-corrected chi connectivity index (χ2v) is 6.21. The molecular formula is C12H14F3N3O2S. The Morgan fingerprint density at radius 2 is 1.90 bits per heavy atom. The molecule has 0 aromatic heterocycles. The third-order valence-corrected chi connectivity index (χ3v) is 4.49. The number of alkyl halides is 3. The number of rotatable bonds is 2. The van der Waals surface area contributed by atoms with Gasteiger partial charge in [-0.2, -0.15) is 13.2 Å². The fourth-order valence-electron chi connectivity index (χ4n) is 2.13. The lowest BCUT2D eigenvalue weighted by atomic mass is 10.1. The van der Waals surface area contributed by atoms with Gasteiger partial charge < -0.3 is 10.3 Å². The summed E-state index contributed by atoms with van der Waals surface area (Å²) in [5.74, 6) is 5.28. The number of benzene rings is 1. The fourth-order valence-corrected chi connectivity index (χ4v) is 3.19. The van der Waals surface area contributed by atoms with Crippen molar-refractivity contribution in [3.05, 3.63) is 29.3 Å². The molecule has 2 rings (SSSR count). The molecule has 0 radical (unpaired) electrons. The molecule has 1 saturated heterocycles. The van der Waals surface area contributed by atoms with Gasteiger partial charge in [0.25, 0.3) is 5.91 Å². The maximum Gasteiger partial charge on any atom is 0.418 e. The third kappa shape index (κ3) is 3.35. The second kappa shape index (κ2) is 6.02. The second-order valence-electron chi connectivity index (χ2n) is 4.51. The molecule has 9 heteroatoms. The van der Waals surface area contributed by atoms with Crippen LogP contribution in [0, 0.1) is 0 Å². The number of halogens is 3. The maximum absolute atomic E-state index is 12.9. The number of anilines is 1. The lowest BCUT2D eigenvalue weighted by Gasteiger charge is -2.27. The van der Waals surface area contributed by atoms with Gasteiger partial charge in [0.15, 0.2) is 0 Å². The van der Waals surface area contributed by atoms with Gasteiger partial charge in [0.1, 0.15) is 0 Å². The molecule has 0 atom stereocenters. The Morgan fingerprint density at radius 3 is 2.43 bits per heavy atom. The monoisotopic (exact) mass is 321 g/mol. The molecule has 1 amide bonds. The highest BCUT2D eigenvalue weighted by atomic mass is 32.2. The predicted molar refractivity (Wildman–Crippen MR) is 73.0 cm³/mol. The number of nitrogens with one attached hydrogen (secondary N) is 1. The van der Waals surface area contributed by atoms with Crippen molar-refractivity contribution in [2.75, 3.05) is 30.0 Å². The van der Waals surface area contributed by atoms with Crippen LogP contribution in [0.15, 0.2) is 18.2 Å². The van der Waals surface area contributed by atoms with E-state index in [1.54, 1.807) is 0 Å². The number of nitrogens with zero attached hydrogens (tertiary/aromatic N) is 1. The molecule has 21 heavy (non-hydrogen) atoms. The van der Waals surface area contributed by atoms with E-state index < -0.39 is 34.1 Å². The molecule has 1 heterocycles.